The Kier molecular flexibility index (Phi) is 6.24. The topological polar surface area (TPSA) is 64.4 Å². The Morgan fingerprint density at radius 3 is 2.69 bits per heavy atom. The second-order valence-electron chi connectivity index (χ2n) is 7.99. The van der Waals surface area contributed by atoms with Crippen molar-refractivity contribution in [2.75, 3.05) is 25.1 Å². The van der Waals surface area contributed by atoms with E-state index in [1.54, 1.807) is 18.3 Å². The first-order chi connectivity index (χ1) is 13.7. The standard InChI is InChI=1S/C21H25Cl2N3O3/c1-13-7-8-15(10-16(13)22)26-19(27)18(23)17(11-24-26)25-9-5-6-14(12-25)21(2,3)20(28)29-4/h7-8,10-11,14H,5-6,9,12H2,1-4H3. The number of esters is 1. The summed E-state index contributed by atoms with van der Waals surface area (Å²) in [5.74, 6) is -0.154. The van der Waals surface area contributed by atoms with Crippen LogP contribution in [0.25, 0.3) is 5.69 Å². The van der Waals surface area contributed by atoms with Crippen molar-refractivity contribution < 1.29 is 9.53 Å². The van der Waals surface area contributed by atoms with Crippen LogP contribution in [0.2, 0.25) is 10.0 Å². The molecule has 0 spiro atoms. The molecule has 0 saturated carbocycles. The third-order valence-corrected chi connectivity index (χ3v) is 6.56. The Balaban J connectivity index is 1.92. The number of hydrogen-bond acceptors (Lipinski definition) is 5. The molecule has 156 valence electrons. The maximum absolute atomic E-state index is 12.9. The van der Waals surface area contributed by atoms with Crippen molar-refractivity contribution >= 4 is 34.9 Å². The van der Waals surface area contributed by atoms with Crippen LogP contribution in [0.5, 0.6) is 0 Å². The van der Waals surface area contributed by atoms with Crippen molar-refractivity contribution in [2.45, 2.75) is 33.6 Å². The Morgan fingerprint density at radius 1 is 1.31 bits per heavy atom. The van der Waals surface area contributed by atoms with E-state index in [1.807, 2.05) is 31.7 Å². The average molecular weight is 438 g/mol. The van der Waals surface area contributed by atoms with Crippen molar-refractivity contribution in [1.82, 2.24) is 9.78 Å². The van der Waals surface area contributed by atoms with E-state index in [4.69, 9.17) is 27.9 Å². The van der Waals surface area contributed by atoms with Crippen molar-refractivity contribution in [2.24, 2.45) is 11.3 Å². The number of anilines is 1. The molecule has 0 amide bonds. The van der Waals surface area contributed by atoms with Crippen LogP contribution in [-0.2, 0) is 9.53 Å². The number of aromatic nitrogens is 2. The predicted octanol–water partition coefficient (Wildman–Crippen LogP) is 4.26. The number of carbonyl (C=O) groups is 1. The molecule has 1 atom stereocenters. The molecule has 1 aliphatic rings. The summed E-state index contributed by atoms with van der Waals surface area (Å²) < 4.78 is 6.22. The summed E-state index contributed by atoms with van der Waals surface area (Å²) in [6.45, 7) is 7.02. The molecule has 0 radical (unpaired) electrons. The molecule has 8 heteroatoms. The fourth-order valence-corrected chi connectivity index (χ4v) is 4.18. The predicted molar refractivity (Wildman–Crippen MR) is 115 cm³/mol. The number of nitrogens with zero attached hydrogens (tertiary/aromatic N) is 3. The van der Waals surface area contributed by atoms with E-state index >= 15 is 0 Å². The lowest BCUT2D eigenvalue weighted by atomic mass is 9.74. The Hall–Kier alpha value is -2.05. The van der Waals surface area contributed by atoms with E-state index in [-0.39, 0.29) is 16.9 Å². The molecule has 1 aromatic carbocycles. The zero-order valence-corrected chi connectivity index (χ0v) is 18.5. The number of piperidine rings is 1. The van der Waals surface area contributed by atoms with Gasteiger partial charge in [0.15, 0.2) is 0 Å². The fraction of sp³-hybridized carbons (Fsp3) is 0.476. The van der Waals surface area contributed by atoms with Gasteiger partial charge in [-0.25, -0.2) is 0 Å². The summed E-state index contributed by atoms with van der Waals surface area (Å²) in [6, 6.07) is 5.30. The van der Waals surface area contributed by atoms with Gasteiger partial charge < -0.3 is 9.64 Å². The monoisotopic (exact) mass is 437 g/mol. The third kappa shape index (κ3) is 4.14. The number of hydrogen-bond donors (Lipinski definition) is 0. The quantitative estimate of drug-likeness (QED) is 0.668. The van der Waals surface area contributed by atoms with Crippen molar-refractivity contribution in [3.63, 3.8) is 0 Å². The van der Waals surface area contributed by atoms with Gasteiger partial charge >= 0.3 is 5.97 Å². The van der Waals surface area contributed by atoms with Gasteiger partial charge in [0.2, 0.25) is 0 Å². The minimum absolute atomic E-state index is 0.0816. The van der Waals surface area contributed by atoms with E-state index < -0.39 is 11.0 Å². The van der Waals surface area contributed by atoms with Crippen LogP contribution in [-0.4, -0.2) is 35.9 Å². The Labute approximate surface area is 180 Å². The summed E-state index contributed by atoms with van der Waals surface area (Å²) in [5.41, 5.74) is 1.03. The van der Waals surface area contributed by atoms with Crippen LogP contribution in [0.3, 0.4) is 0 Å². The normalized spacial score (nSPS) is 17.3. The number of methoxy groups -OCH3 is 1. The van der Waals surface area contributed by atoms with Crippen LogP contribution in [0.4, 0.5) is 5.69 Å². The van der Waals surface area contributed by atoms with E-state index in [2.05, 4.69) is 5.10 Å². The van der Waals surface area contributed by atoms with Crippen LogP contribution in [0.1, 0.15) is 32.3 Å². The van der Waals surface area contributed by atoms with Gasteiger partial charge in [-0.05, 0) is 57.2 Å². The summed E-state index contributed by atoms with van der Waals surface area (Å²) in [6.07, 6.45) is 3.39. The van der Waals surface area contributed by atoms with Crippen LogP contribution in [0, 0.1) is 18.3 Å². The van der Waals surface area contributed by atoms with Gasteiger partial charge in [-0.3, -0.25) is 9.59 Å². The SMILES string of the molecule is COC(=O)C(C)(C)C1CCCN(c2cnn(-c3ccc(C)c(Cl)c3)c(=O)c2Cl)C1. The zero-order chi connectivity index (χ0) is 21.3. The molecule has 3 rings (SSSR count). The highest BCUT2D eigenvalue weighted by atomic mass is 35.5. The van der Waals surface area contributed by atoms with Crippen molar-refractivity contribution in [1.29, 1.82) is 0 Å². The van der Waals surface area contributed by atoms with Crippen LogP contribution >= 0.6 is 23.2 Å². The number of ether oxygens (including phenoxy) is 1. The first kappa shape index (κ1) is 21.7. The van der Waals surface area contributed by atoms with Gasteiger partial charge in [-0.2, -0.15) is 9.78 Å². The number of aryl methyl sites for hydroxylation is 1. The lowest BCUT2D eigenvalue weighted by Crippen LogP contribution is -2.45. The van der Waals surface area contributed by atoms with E-state index in [0.29, 0.717) is 22.9 Å². The molecule has 0 aliphatic carbocycles. The zero-order valence-electron chi connectivity index (χ0n) is 17.0. The average Bonchev–Trinajstić information content (AvgIpc) is 2.71. The minimum Gasteiger partial charge on any atom is -0.469 e. The van der Waals surface area contributed by atoms with E-state index in [1.165, 1.54) is 11.8 Å². The summed E-state index contributed by atoms with van der Waals surface area (Å²) in [7, 11) is 1.41. The Morgan fingerprint density at radius 2 is 2.03 bits per heavy atom. The number of halogens is 2. The van der Waals surface area contributed by atoms with Gasteiger partial charge in [0.05, 0.1) is 30.1 Å². The highest BCUT2D eigenvalue weighted by Crippen LogP contribution is 2.37. The summed E-state index contributed by atoms with van der Waals surface area (Å²) in [5, 5.41) is 4.98. The molecule has 0 bridgehead atoms. The van der Waals surface area contributed by atoms with E-state index in [9.17, 15) is 9.59 Å². The molecule has 0 N–H and O–H groups in total. The lowest BCUT2D eigenvalue weighted by Gasteiger charge is -2.40. The maximum Gasteiger partial charge on any atom is 0.311 e. The number of carbonyl (C=O) groups excluding carboxylic acids is 1. The van der Waals surface area contributed by atoms with Crippen molar-refractivity contribution in [3.05, 3.63) is 50.4 Å². The van der Waals surface area contributed by atoms with Gasteiger partial charge in [0.25, 0.3) is 5.56 Å². The van der Waals surface area contributed by atoms with Crippen molar-refractivity contribution in [3.8, 4) is 5.69 Å². The minimum atomic E-state index is -0.624. The van der Waals surface area contributed by atoms with Gasteiger partial charge in [0.1, 0.15) is 5.02 Å². The van der Waals surface area contributed by atoms with Crippen LogP contribution in [0.15, 0.2) is 29.2 Å². The highest BCUT2D eigenvalue weighted by Gasteiger charge is 2.40. The number of benzene rings is 1. The molecular weight excluding hydrogens is 413 g/mol. The lowest BCUT2D eigenvalue weighted by molar-refractivity contribution is -0.154. The summed E-state index contributed by atoms with van der Waals surface area (Å²) in [4.78, 5) is 27.1. The molecule has 29 heavy (non-hydrogen) atoms. The largest absolute Gasteiger partial charge is 0.469 e. The Bertz CT molecular complexity index is 988. The highest BCUT2D eigenvalue weighted by molar-refractivity contribution is 6.33. The molecule has 1 saturated heterocycles. The molecule has 1 fully saturated rings. The molecule has 1 aliphatic heterocycles. The molecule has 6 nitrogen and oxygen atoms in total. The first-order valence-corrected chi connectivity index (χ1v) is 10.3. The van der Waals surface area contributed by atoms with E-state index in [0.717, 1.165) is 24.9 Å². The maximum atomic E-state index is 12.9. The second-order valence-corrected chi connectivity index (χ2v) is 8.78. The smallest absolute Gasteiger partial charge is 0.311 e. The second kappa shape index (κ2) is 8.36. The van der Waals surface area contributed by atoms with Crippen LogP contribution < -0.4 is 10.5 Å². The van der Waals surface area contributed by atoms with Gasteiger partial charge in [-0.1, -0.05) is 29.3 Å². The molecule has 2 aromatic rings. The molecule has 1 aromatic heterocycles. The van der Waals surface area contributed by atoms with Gasteiger partial charge in [0, 0.05) is 18.1 Å². The third-order valence-electron chi connectivity index (χ3n) is 5.79. The first-order valence-electron chi connectivity index (χ1n) is 9.54. The fourth-order valence-electron chi connectivity index (χ4n) is 3.76. The van der Waals surface area contributed by atoms with Gasteiger partial charge in [-0.15, -0.1) is 0 Å². The molecule has 1 unspecified atom stereocenters. The molecule has 2 heterocycles. The summed E-state index contributed by atoms with van der Waals surface area (Å²) >= 11 is 12.6. The number of rotatable bonds is 4. The molecular formula is C21H25Cl2N3O3.